The topological polar surface area (TPSA) is 76.4 Å². The summed E-state index contributed by atoms with van der Waals surface area (Å²) < 4.78 is 45.7. The fourth-order valence-electron chi connectivity index (χ4n) is 3.52. The number of carbonyl (C=O) groups is 1. The number of ether oxygens (including phenoxy) is 1. The number of allylic oxidation sites excluding steroid dienone is 2. The number of rotatable bonds is 10. The van der Waals surface area contributed by atoms with Crippen molar-refractivity contribution in [2.75, 3.05) is 17.2 Å². The summed E-state index contributed by atoms with van der Waals surface area (Å²) in [5, 5.41) is 5.57. The second-order valence-corrected chi connectivity index (χ2v) is 8.46. The first kappa shape index (κ1) is 28.0. The predicted molar refractivity (Wildman–Crippen MR) is 141 cm³/mol. The second kappa shape index (κ2) is 12.6. The zero-order chi connectivity index (χ0) is 27.0. The Bertz CT molecular complexity index is 1280. The van der Waals surface area contributed by atoms with Crippen molar-refractivity contribution in [2.45, 2.75) is 25.7 Å². The van der Waals surface area contributed by atoms with E-state index in [0.717, 1.165) is 11.1 Å². The molecular weight excluding hydrogens is 503 g/mol. The van der Waals surface area contributed by atoms with Gasteiger partial charge in [0.25, 0.3) is 5.91 Å². The summed E-state index contributed by atoms with van der Waals surface area (Å²) in [7, 11) is 0. The maximum Gasteiger partial charge on any atom is 0.415 e. The Kier molecular flexibility index (Phi) is 9.52. The second-order valence-electron chi connectivity index (χ2n) is 8.05. The number of halogens is 4. The Balaban J connectivity index is 1.95. The summed E-state index contributed by atoms with van der Waals surface area (Å²) in [4.78, 5) is 13.2. The number of carbonyl (C=O) groups excluding carboxylic acids is 1. The molecular formula is C28H27ClF3N3O2. The van der Waals surface area contributed by atoms with Crippen molar-refractivity contribution in [3.8, 4) is 0 Å². The molecule has 0 radical (unpaired) electrons. The molecule has 0 saturated carbocycles. The van der Waals surface area contributed by atoms with Crippen molar-refractivity contribution >= 4 is 28.9 Å². The zero-order valence-corrected chi connectivity index (χ0v) is 20.9. The van der Waals surface area contributed by atoms with E-state index in [1.165, 1.54) is 0 Å². The van der Waals surface area contributed by atoms with Gasteiger partial charge in [-0.25, -0.2) is 0 Å². The molecule has 0 bridgehead atoms. The van der Waals surface area contributed by atoms with Crippen LogP contribution in [-0.4, -0.2) is 18.7 Å². The molecule has 0 fully saturated rings. The van der Waals surface area contributed by atoms with Crippen LogP contribution in [0.5, 0.6) is 0 Å². The normalized spacial score (nSPS) is 12.6. The highest BCUT2D eigenvalue weighted by molar-refractivity contribution is 6.34. The third kappa shape index (κ3) is 7.69. The smallest absolute Gasteiger partial charge is 0.369 e. The van der Waals surface area contributed by atoms with Crippen LogP contribution in [0.15, 0.2) is 96.7 Å². The molecule has 0 heterocycles. The number of nitrogens with one attached hydrogen (secondary N) is 2. The third-order valence-corrected chi connectivity index (χ3v) is 5.68. The number of alkyl halides is 3. The lowest BCUT2D eigenvalue weighted by Crippen LogP contribution is -2.22. The molecule has 0 aliphatic rings. The van der Waals surface area contributed by atoms with Crippen LogP contribution in [0.3, 0.4) is 0 Å². The molecule has 1 amide bonds. The van der Waals surface area contributed by atoms with Crippen molar-refractivity contribution in [1.29, 1.82) is 0 Å². The van der Waals surface area contributed by atoms with Crippen LogP contribution in [0.25, 0.3) is 0 Å². The van der Waals surface area contributed by atoms with Gasteiger partial charge in [-0.3, -0.25) is 4.79 Å². The van der Waals surface area contributed by atoms with E-state index in [1.54, 1.807) is 42.5 Å². The summed E-state index contributed by atoms with van der Waals surface area (Å²) in [6.45, 7) is 5.58. The van der Waals surface area contributed by atoms with E-state index in [2.05, 4.69) is 17.2 Å². The van der Waals surface area contributed by atoms with Crippen molar-refractivity contribution in [1.82, 2.24) is 0 Å². The first-order chi connectivity index (χ1) is 17.6. The number of hydrogen-bond acceptors (Lipinski definition) is 4. The van der Waals surface area contributed by atoms with Crippen molar-refractivity contribution < 1.29 is 22.7 Å². The lowest BCUT2D eigenvalue weighted by molar-refractivity contribution is -0.112. The monoisotopic (exact) mass is 529 g/mol. The van der Waals surface area contributed by atoms with Gasteiger partial charge >= 0.3 is 6.18 Å². The summed E-state index contributed by atoms with van der Waals surface area (Å²) in [5.74, 6) is -0.838. The standard InChI is InChI=1S/C28H27ClF3N3O2/c1-3-37-26(20-9-5-4-6-10-20)21-12-13-23(29)24(16-21)35-27(36)25(14-18(2)28(30,31)32)34-22-11-7-8-19(15-22)17-33/h4-16,26,34H,2-3,17,33H2,1H3,(H,35,36)/b25-14-. The molecule has 1 atom stereocenters. The molecule has 194 valence electrons. The van der Waals surface area contributed by atoms with E-state index in [0.29, 0.717) is 23.9 Å². The molecule has 0 aliphatic heterocycles. The number of amides is 1. The zero-order valence-electron chi connectivity index (χ0n) is 20.1. The van der Waals surface area contributed by atoms with Crippen molar-refractivity contribution in [3.63, 3.8) is 0 Å². The average molecular weight is 530 g/mol. The van der Waals surface area contributed by atoms with E-state index >= 15 is 0 Å². The van der Waals surface area contributed by atoms with Gasteiger partial charge < -0.3 is 21.1 Å². The lowest BCUT2D eigenvalue weighted by atomic mass is 10.0. The largest absolute Gasteiger partial charge is 0.415 e. The molecule has 1 unspecified atom stereocenters. The van der Waals surface area contributed by atoms with E-state index in [-0.39, 0.29) is 23.0 Å². The molecule has 37 heavy (non-hydrogen) atoms. The van der Waals surface area contributed by atoms with Crippen LogP contribution in [-0.2, 0) is 16.1 Å². The molecule has 0 spiro atoms. The molecule has 3 rings (SSSR count). The lowest BCUT2D eigenvalue weighted by Gasteiger charge is -2.20. The van der Waals surface area contributed by atoms with Gasteiger partial charge in [0.15, 0.2) is 0 Å². The number of hydrogen-bond donors (Lipinski definition) is 3. The Morgan fingerprint density at radius 3 is 2.43 bits per heavy atom. The molecule has 3 aromatic rings. The van der Waals surface area contributed by atoms with Crippen LogP contribution in [0.4, 0.5) is 24.5 Å². The van der Waals surface area contributed by atoms with Crippen LogP contribution in [0, 0.1) is 0 Å². The molecule has 9 heteroatoms. The minimum Gasteiger partial charge on any atom is -0.369 e. The first-order valence-electron chi connectivity index (χ1n) is 11.4. The molecule has 0 saturated heterocycles. The quantitative estimate of drug-likeness (QED) is 0.196. The fraction of sp³-hybridized carbons (Fsp3) is 0.179. The van der Waals surface area contributed by atoms with Gasteiger partial charge in [-0.2, -0.15) is 13.2 Å². The van der Waals surface area contributed by atoms with Gasteiger partial charge in [0.05, 0.1) is 16.3 Å². The fourth-order valence-corrected chi connectivity index (χ4v) is 3.68. The first-order valence-corrected chi connectivity index (χ1v) is 11.8. The Hall–Kier alpha value is -3.59. The maximum atomic E-state index is 13.2. The van der Waals surface area contributed by atoms with Crippen LogP contribution in [0.1, 0.15) is 29.7 Å². The molecule has 4 N–H and O–H groups in total. The average Bonchev–Trinajstić information content (AvgIpc) is 2.88. The van der Waals surface area contributed by atoms with E-state index in [9.17, 15) is 18.0 Å². The summed E-state index contributed by atoms with van der Waals surface area (Å²) in [5.41, 5.74) is 7.03. The van der Waals surface area contributed by atoms with Crippen LogP contribution in [0.2, 0.25) is 5.02 Å². The summed E-state index contributed by atoms with van der Waals surface area (Å²) in [6.07, 6.45) is -4.50. The van der Waals surface area contributed by atoms with Gasteiger partial charge in [0, 0.05) is 18.8 Å². The van der Waals surface area contributed by atoms with Gasteiger partial charge in [-0.1, -0.05) is 66.7 Å². The Labute approximate surface area is 218 Å². The maximum absolute atomic E-state index is 13.2. The highest BCUT2D eigenvalue weighted by Crippen LogP contribution is 2.32. The SMILES string of the molecule is C=C(/C=C(\Nc1cccc(CN)c1)C(=O)Nc1cc(C(OCC)c2ccccc2)ccc1Cl)C(F)(F)F. The molecule has 0 aromatic heterocycles. The van der Waals surface area contributed by atoms with Crippen molar-refractivity contribution in [2.24, 2.45) is 5.73 Å². The predicted octanol–water partition coefficient (Wildman–Crippen LogP) is 6.98. The van der Waals surface area contributed by atoms with E-state index in [1.807, 2.05) is 37.3 Å². The van der Waals surface area contributed by atoms with Gasteiger partial charge in [0.2, 0.25) is 0 Å². The van der Waals surface area contributed by atoms with Crippen LogP contribution < -0.4 is 16.4 Å². The minimum absolute atomic E-state index is 0.208. The van der Waals surface area contributed by atoms with Crippen molar-refractivity contribution in [3.05, 3.63) is 118 Å². The van der Waals surface area contributed by atoms with Gasteiger partial charge in [-0.15, -0.1) is 0 Å². The van der Waals surface area contributed by atoms with E-state index < -0.39 is 23.8 Å². The summed E-state index contributed by atoms with van der Waals surface area (Å²) in [6, 6.07) is 21.2. The van der Waals surface area contributed by atoms with E-state index in [4.69, 9.17) is 22.1 Å². The summed E-state index contributed by atoms with van der Waals surface area (Å²) >= 11 is 6.34. The highest BCUT2D eigenvalue weighted by Gasteiger charge is 2.31. The van der Waals surface area contributed by atoms with Crippen LogP contribution >= 0.6 is 11.6 Å². The highest BCUT2D eigenvalue weighted by atomic mass is 35.5. The number of anilines is 2. The molecule has 3 aromatic carbocycles. The van der Waals surface area contributed by atoms with Gasteiger partial charge in [0.1, 0.15) is 11.8 Å². The van der Waals surface area contributed by atoms with Gasteiger partial charge in [-0.05, 0) is 54.0 Å². The molecule has 5 nitrogen and oxygen atoms in total. The Morgan fingerprint density at radius 2 is 1.78 bits per heavy atom. The third-order valence-electron chi connectivity index (χ3n) is 5.35. The number of benzene rings is 3. The molecule has 0 aliphatic carbocycles. The Morgan fingerprint density at radius 1 is 1.05 bits per heavy atom. The number of nitrogens with two attached hydrogens (primary N) is 1. The minimum atomic E-state index is -4.72.